The number of thiocarbonyl (C=S) groups is 1. The Hall–Kier alpha value is -2.35. The second-order valence-corrected chi connectivity index (χ2v) is 7.45. The summed E-state index contributed by atoms with van der Waals surface area (Å²) < 4.78 is 0.276. The maximum absolute atomic E-state index is 12.4. The van der Waals surface area contributed by atoms with Crippen molar-refractivity contribution in [3.8, 4) is 0 Å². The summed E-state index contributed by atoms with van der Waals surface area (Å²) in [6.45, 7) is 9.61. The average molecular weight is 401 g/mol. The molecule has 0 N–H and O–H groups in total. The maximum Gasteiger partial charge on any atom is 0.293 e. The summed E-state index contributed by atoms with van der Waals surface area (Å²) in [6.07, 6.45) is 2.88. The summed E-state index contributed by atoms with van der Waals surface area (Å²) in [5.41, 5.74) is 2.13. The molecule has 2 aromatic rings. The van der Waals surface area contributed by atoms with Gasteiger partial charge in [-0.25, -0.2) is 0 Å². The topological polar surface area (TPSA) is 42.0 Å². The molecule has 0 radical (unpaired) electrons. The molecule has 1 aliphatic heterocycles. The van der Waals surface area contributed by atoms with Crippen molar-refractivity contribution in [2.75, 3.05) is 18.0 Å². The van der Waals surface area contributed by atoms with Gasteiger partial charge in [0.05, 0.1) is 4.91 Å². The predicted octanol–water partition coefficient (Wildman–Crippen LogP) is 4.89. The van der Waals surface area contributed by atoms with Crippen LogP contribution in [0.5, 0.6) is 0 Å². The molecule has 0 aromatic heterocycles. The molecule has 1 fully saturated rings. The predicted molar refractivity (Wildman–Crippen MR) is 115 cm³/mol. The number of anilines is 1. The van der Waals surface area contributed by atoms with E-state index < -0.39 is 0 Å². The summed E-state index contributed by atoms with van der Waals surface area (Å²) in [4.78, 5) is 24.6. The summed E-state index contributed by atoms with van der Waals surface area (Å²) in [7, 11) is 0. The molecule has 0 saturated carbocycles. The van der Waals surface area contributed by atoms with Gasteiger partial charge in [0, 0.05) is 18.8 Å². The molecule has 3 rings (SSSR count). The van der Waals surface area contributed by atoms with E-state index in [1.165, 1.54) is 17.4 Å². The van der Waals surface area contributed by atoms with Gasteiger partial charge in [-0.15, -0.1) is 5.06 Å². The Morgan fingerprint density at radius 1 is 1.19 bits per heavy atom. The first kappa shape index (κ1) is 19.4. The van der Waals surface area contributed by atoms with Crippen LogP contribution in [-0.2, 0) is 14.7 Å². The number of benzene rings is 2. The van der Waals surface area contributed by atoms with Crippen molar-refractivity contribution in [2.45, 2.75) is 13.8 Å². The Kier molecular flexibility index (Phi) is 6.15. The summed E-state index contributed by atoms with van der Waals surface area (Å²) in [6, 6.07) is 12.5. The number of nitrogens with zero attached hydrogens (tertiary/aromatic N) is 2. The standard InChI is InChI=1S/C20H20N2O3S2/c1-4-21(5-2)17-10-9-15-11-14(7-8-16(15)13-17)12-18-19(23)22(20(26)27-18)25-24-6-3/h6-13H,3-5H2,1-2H3/b18-12+. The van der Waals surface area contributed by atoms with Crippen LogP contribution in [0.4, 0.5) is 5.69 Å². The zero-order valence-corrected chi connectivity index (χ0v) is 16.8. The molecule has 1 aliphatic rings. The highest BCUT2D eigenvalue weighted by atomic mass is 32.2. The molecule has 1 saturated heterocycles. The van der Waals surface area contributed by atoms with Crippen molar-refractivity contribution < 1.29 is 14.7 Å². The number of amides is 1. The molecule has 140 valence electrons. The fraction of sp³-hybridized carbons (Fsp3) is 0.200. The minimum Gasteiger partial charge on any atom is -0.372 e. The largest absolute Gasteiger partial charge is 0.372 e. The summed E-state index contributed by atoms with van der Waals surface area (Å²) in [5, 5.41) is 3.21. The zero-order chi connectivity index (χ0) is 19.4. The third-order valence-electron chi connectivity index (χ3n) is 4.22. The quantitative estimate of drug-likeness (QED) is 0.217. The number of hydrogen-bond acceptors (Lipinski definition) is 6. The van der Waals surface area contributed by atoms with Gasteiger partial charge >= 0.3 is 0 Å². The molecule has 1 amide bonds. The first-order chi connectivity index (χ1) is 13.1. The molecule has 7 heteroatoms. The van der Waals surface area contributed by atoms with Crippen molar-refractivity contribution in [3.05, 3.63) is 59.7 Å². The molecular formula is C20H20N2O3S2. The molecular weight excluding hydrogens is 380 g/mol. The average Bonchev–Trinajstić information content (AvgIpc) is 2.94. The lowest BCUT2D eigenvalue weighted by Crippen LogP contribution is -2.27. The minimum absolute atomic E-state index is 0.276. The van der Waals surface area contributed by atoms with Crippen LogP contribution in [0.2, 0.25) is 0 Å². The van der Waals surface area contributed by atoms with Gasteiger partial charge in [-0.3, -0.25) is 4.79 Å². The summed E-state index contributed by atoms with van der Waals surface area (Å²) in [5.74, 6) is -0.358. The first-order valence-electron chi connectivity index (χ1n) is 8.58. The molecule has 27 heavy (non-hydrogen) atoms. The Morgan fingerprint density at radius 3 is 2.59 bits per heavy atom. The third-order valence-corrected chi connectivity index (χ3v) is 5.49. The van der Waals surface area contributed by atoms with E-state index in [0.29, 0.717) is 4.91 Å². The molecule has 0 spiro atoms. The van der Waals surface area contributed by atoms with Gasteiger partial charge in [0.2, 0.25) is 0 Å². The van der Waals surface area contributed by atoms with E-state index in [2.05, 4.69) is 60.5 Å². The van der Waals surface area contributed by atoms with Crippen molar-refractivity contribution in [2.24, 2.45) is 0 Å². The van der Waals surface area contributed by atoms with E-state index in [0.717, 1.165) is 40.8 Å². The fourth-order valence-electron chi connectivity index (χ4n) is 2.87. The van der Waals surface area contributed by atoms with E-state index in [1.54, 1.807) is 6.08 Å². The Bertz CT molecular complexity index is 923. The van der Waals surface area contributed by atoms with E-state index in [-0.39, 0.29) is 10.2 Å². The van der Waals surface area contributed by atoms with Gasteiger partial charge in [0.15, 0.2) is 4.32 Å². The van der Waals surface area contributed by atoms with Gasteiger partial charge in [0.25, 0.3) is 5.91 Å². The molecule has 1 heterocycles. The molecule has 0 aliphatic carbocycles. The van der Waals surface area contributed by atoms with Crippen LogP contribution < -0.4 is 4.90 Å². The molecule has 0 atom stereocenters. The van der Waals surface area contributed by atoms with Crippen LogP contribution in [0.3, 0.4) is 0 Å². The first-order valence-corrected chi connectivity index (χ1v) is 9.81. The van der Waals surface area contributed by atoms with Gasteiger partial charge in [-0.2, -0.15) is 0 Å². The van der Waals surface area contributed by atoms with Gasteiger partial charge in [-0.05, 0) is 66.7 Å². The van der Waals surface area contributed by atoms with E-state index in [9.17, 15) is 4.79 Å². The minimum atomic E-state index is -0.358. The second kappa shape index (κ2) is 8.56. The number of rotatable bonds is 7. The maximum atomic E-state index is 12.4. The van der Waals surface area contributed by atoms with Crippen LogP contribution in [-0.4, -0.2) is 28.4 Å². The highest BCUT2D eigenvalue weighted by Crippen LogP contribution is 2.33. The second-order valence-electron chi connectivity index (χ2n) is 5.78. The van der Waals surface area contributed by atoms with Crippen LogP contribution in [0.15, 0.2) is 54.1 Å². The number of carbonyl (C=O) groups excluding carboxylic acids is 1. The number of carbonyl (C=O) groups is 1. The zero-order valence-electron chi connectivity index (χ0n) is 15.2. The number of thioether (sulfide) groups is 1. The molecule has 5 nitrogen and oxygen atoms in total. The fourth-order valence-corrected chi connectivity index (χ4v) is 4.00. The van der Waals surface area contributed by atoms with E-state index in [1.807, 2.05) is 6.07 Å². The van der Waals surface area contributed by atoms with Crippen LogP contribution in [0.25, 0.3) is 16.8 Å². The molecule has 0 bridgehead atoms. The van der Waals surface area contributed by atoms with Crippen LogP contribution >= 0.6 is 24.0 Å². The highest BCUT2D eigenvalue weighted by Gasteiger charge is 2.34. The molecule has 0 unspecified atom stereocenters. The van der Waals surface area contributed by atoms with E-state index >= 15 is 0 Å². The van der Waals surface area contributed by atoms with Gasteiger partial charge in [0.1, 0.15) is 6.26 Å². The van der Waals surface area contributed by atoms with Gasteiger partial charge < -0.3 is 9.79 Å². The Labute approximate surface area is 168 Å². The number of hydrogen-bond donors (Lipinski definition) is 0. The van der Waals surface area contributed by atoms with E-state index in [4.69, 9.17) is 17.2 Å². The van der Waals surface area contributed by atoms with Crippen molar-refractivity contribution in [1.29, 1.82) is 0 Å². The smallest absolute Gasteiger partial charge is 0.293 e. The number of hydroxylamine groups is 2. The monoisotopic (exact) mass is 400 g/mol. The normalized spacial score (nSPS) is 15.6. The van der Waals surface area contributed by atoms with Gasteiger partial charge in [-0.1, -0.05) is 41.5 Å². The SMILES string of the molecule is C=COON1C(=O)/C(=C\c2ccc3cc(N(CC)CC)ccc3c2)SC1=S. The summed E-state index contributed by atoms with van der Waals surface area (Å²) >= 11 is 6.31. The lowest BCUT2D eigenvalue weighted by molar-refractivity contribution is -0.350. The Balaban J connectivity index is 1.86. The van der Waals surface area contributed by atoms with Crippen LogP contribution in [0, 0.1) is 0 Å². The van der Waals surface area contributed by atoms with Crippen molar-refractivity contribution in [1.82, 2.24) is 5.06 Å². The Morgan fingerprint density at radius 2 is 1.89 bits per heavy atom. The highest BCUT2D eigenvalue weighted by molar-refractivity contribution is 8.26. The number of fused-ring (bicyclic) bond motifs is 1. The van der Waals surface area contributed by atoms with Crippen LogP contribution in [0.1, 0.15) is 19.4 Å². The van der Waals surface area contributed by atoms with Crippen molar-refractivity contribution >= 4 is 56.7 Å². The lowest BCUT2D eigenvalue weighted by Gasteiger charge is -2.21. The van der Waals surface area contributed by atoms with Crippen molar-refractivity contribution in [3.63, 3.8) is 0 Å². The lowest BCUT2D eigenvalue weighted by atomic mass is 10.1. The third kappa shape index (κ3) is 4.16. The molecule has 2 aromatic carbocycles.